The van der Waals surface area contributed by atoms with Crippen LogP contribution in [-0.4, -0.2) is 18.3 Å². The maximum absolute atomic E-state index is 12.7. The number of pyridine rings is 1. The quantitative estimate of drug-likeness (QED) is 0.515. The van der Waals surface area contributed by atoms with Gasteiger partial charge in [-0.25, -0.2) is 8.42 Å². The van der Waals surface area contributed by atoms with Crippen molar-refractivity contribution in [2.45, 2.75) is 10.6 Å². The monoisotopic (exact) mass is 354 g/mol. The summed E-state index contributed by atoms with van der Waals surface area (Å²) in [6.07, 6.45) is 1.65. The molecule has 0 saturated carbocycles. The topological polar surface area (TPSA) is 90.2 Å². The molecule has 0 amide bonds. The maximum Gasteiger partial charge on any atom is 0.269 e. The SMILES string of the molecule is O=[N+]([O-])c1ccc(S(=O)(=O)Cc2ccccc2-c2ccccn2)cc1. The van der Waals surface area contributed by atoms with Crippen molar-refractivity contribution in [1.82, 2.24) is 4.98 Å². The van der Waals surface area contributed by atoms with Gasteiger partial charge in [0.2, 0.25) is 0 Å². The van der Waals surface area contributed by atoms with Crippen molar-refractivity contribution < 1.29 is 13.3 Å². The first kappa shape index (κ1) is 16.8. The molecule has 6 nitrogen and oxygen atoms in total. The highest BCUT2D eigenvalue weighted by molar-refractivity contribution is 7.90. The minimum Gasteiger partial charge on any atom is -0.258 e. The Bertz CT molecular complexity index is 1000. The van der Waals surface area contributed by atoms with Crippen LogP contribution in [0.25, 0.3) is 11.3 Å². The molecule has 0 radical (unpaired) electrons. The van der Waals surface area contributed by atoms with Gasteiger partial charge in [-0.2, -0.15) is 0 Å². The van der Waals surface area contributed by atoms with Gasteiger partial charge in [0.25, 0.3) is 5.69 Å². The molecule has 1 heterocycles. The lowest BCUT2D eigenvalue weighted by Crippen LogP contribution is -2.06. The third-order valence-corrected chi connectivity index (χ3v) is 5.39. The number of nitro benzene ring substituents is 1. The average Bonchev–Trinajstić information content (AvgIpc) is 2.63. The molecule has 0 aliphatic carbocycles. The predicted molar refractivity (Wildman–Crippen MR) is 93.7 cm³/mol. The summed E-state index contributed by atoms with van der Waals surface area (Å²) in [7, 11) is -3.64. The van der Waals surface area contributed by atoms with Gasteiger partial charge < -0.3 is 0 Å². The molecule has 0 aliphatic heterocycles. The number of benzene rings is 2. The fourth-order valence-electron chi connectivity index (χ4n) is 2.48. The Balaban J connectivity index is 1.95. The van der Waals surface area contributed by atoms with Gasteiger partial charge in [0, 0.05) is 23.9 Å². The molecule has 1 aromatic heterocycles. The molecule has 0 fully saturated rings. The Morgan fingerprint density at radius 2 is 1.60 bits per heavy atom. The first-order chi connectivity index (χ1) is 12.0. The van der Waals surface area contributed by atoms with Crippen LogP contribution in [0.5, 0.6) is 0 Å². The molecule has 0 spiro atoms. The van der Waals surface area contributed by atoms with Crippen LogP contribution in [0.3, 0.4) is 0 Å². The van der Waals surface area contributed by atoms with Crippen LogP contribution in [0.15, 0.2) is 77.8 Å². The summed E-state index contributed by atoms with van der Waals surface area (Å²) in [4.78, 5) is 14.5. The Hall–Kier alpha value is -3.06. The average molecular weight is 354 g/mol. The van der Waals surface area contributed by atoms with Crippen molar-refractivity contribution in [2.75, 3.05) is 0 Å². The summed E-state index contributed by atoms with van der Waals surface area (Å²) in [5, 5.41) is 10.7. The van der Waals surface area contributed by atoms with E-state index in [2.05, 4.69) is 4.98 Å². The lowest BCUT2D eigenvalue weighted by atomic mass is 10.1. The van der Waals surface area contributed by atoms with Crippen molar-refractivity contribution >= 4 is 15.5 Å². The second-order valence-corrected chi connectivity index (χ2v) is 7.37. The number of rotatable bonds is 5. The summed E-state index contributed by atoms with van der Waals surface area (Å²) in [5.41, 5.74) is 1.91. The summed E-state index contributed by atoms with van der Waals surface area (Å²) in [6, 6.07) is 17.5. The van der Waals surface area contributed by atoms with E-state index in [1.165, 1.54) is 24.3 Å². The zero-order valence-corrected chi connectivity index (χ0v) is 13.9. The number of non-ortho nitro benzene ring substituents is 1. The van der Waals surface area contributed by atoms with Gasteiger partial charge in [-0.3, -0.25) is 15.1 Å². The molecular formula is C18H14N2O4S. The molecule has 126 valence electrons. The normalized spacial score (nSPS) is 11.2. The van der Waals surface area contributed by atoms with Crippen LogP contribution < -0.4 is 0 Å². The zero-order valence-electron chi connectivity index (χ0n) is 13.1. The fourth-order valence-corrected chi connectivity index (χ4v) is 3.86. The molecule has 7 heteroatoms. The lowest BCUT2D eigenvalue weighted by molar-refractivity contribution is -0.384. The van der Waals surface area contributed by atoms with E-state index in [1.54, 1.807) is 24.4 Å². The third-order valence-electron chi connectivity index (χ3n) is 3.71. The van der Waals surface area contributed by atoms with E-state index < -0.39 is 14.8 Å². The first-order valence-electron chi connectivity index (χ1n) is 7.44. The Labute approximate surface area is 144 Å². The molecule has 0 aliphatic rings. The van der Waals surface area contributed by atoms with Crippen LogP contribution >= 0.6 is 0 Å². The molecular weight excluding hydrogens is 340 g/mol. The molecule has 2 aromatic carbocycles. The highest BCUT2D eigenvalue weighted by atomic mass is 32.2. The van der Waals surface area contributed by atoms with Crippen molar-refractivity contribution in [1.29, 1.82) is 0 Å². The summed E-state index contributed by atoms with van der Waals surface area (Å²) < 4.78 is 25.4. The van der Waals surface area contributed by atoms with Gasteiger partial charge in [-0.05, 0) is 29.8 Å². The molecule has 0 N–H and O–H groups in total. The van der Waals surface area contributed by atoms with Gasteiger partial charge in [0.05, 0.1) is 21.3 Å². The van der Waals surface area contributed by atoms with Gasteiger partial charge >= 0.3 is 0 Å². The molecule has 0 saturated heterocycles. The number of aromatic nitrogens is 1. The minimum atomic E-state index is -3.64. The highest BCUT2D eigenvalue weighted by Gasteiger charge is 2.19. The Kier molecular flexibility index (Phi) is 4.58. The number of nitrogens with zero attached hydrogens (tertiary/aromatic N) is 2. The van der Waals surface area contributed by atoms with Crippen molar-refractivity contribution in [3.8, 4) is 11.3 Å². The van der Waals surface area contributed by atoms with Crippen molar-refractivity contribution in [3.05, 3.63) is 88.6 Å². The molecule has 25 heavy (non-hydrogen) atoms. The lowest BCUT2D eigenvalue weighted by Gasteiger charge is -2.10. The van der Waals surface area contributed by atoms with E-state index in [0.717, 1.165) is 5.56 Å². The zero-order chi connectivity index (χ0) is 17.9. The first-order valence-corrected chi connectivity index (χ1v) is 9.09. The van der Waals surface area contributed by atoms with Crippen LogP contribution in [-0.2, 0) is 15.6 Å². The Morgan fingerprint density at radius 1 is 0.920 bits per heavy atom. The molecule has 3 aromatic rings. The van der Waals surface area contributed by atoms with Crippen LogP contribution in [0.1, 0.15) is 5.56 Å². The number of sulfone groups is 1. The van der Waals surface area contributed by atoms with Crippen molar-refractivity contribution in [3.63, 3.8) is 0 Å². The molecule has 3 rings (SSSR count). The van der Waals surface area contributed by atoms with E-state index >= 15 is 0 Å². The summed E-state index contributed by atoms with van der Waals surface area (Å²) >= 11 is 0. The predicted octanol–water partition coefficient (Wildman–Crippen LogP) is 3.63. The second kappa shape index (κ2) is 6.82. The second-order valence-electron chi connectivity index (χ2n) is 5.38. The van der Waals surface area contributed by atoms with E-state index in [4.69, 9.17) is 0 Å². The van der Waals surface area contributed by atoms with Gasteiger partial charge in [0.1, 0.15) is 0 Å². The van der Waals surface area contributed by atoms with Crippen LogP contribution in [0, 0.1) is 10.1 Å². The molecule has 0 atom stereocenters. The largest absolute Gasteiger partial charge is 0.269 e. The number of hydrogen-bond donors (Lipinski definition) is 0. The van der Waals surface area contributed by atoms with Gasteiger partial charge in [-0.1, -0.05) is 30.3 Å². The molecule has 0 unspecified atom stereocenters. The summed E-state index contributed by atoms with van der Waals surface area (Å²) in [5.74, 6) is -0.211. The standard InChI is InChI=1S/C18H14N2O4S/c21-20(22)15-8-10-16(11-9-15)25(23,24)13-14-5-1-2-6-17(14)18-7-3-4-12-19-18/h1-12H,13H2. The minimum absolute atomic E-state index is 0.0499. The van der Waals surface area contributed by atoms with E-state index in [1.807, 2.05) is 24.3 Å². The maximum atomic E-state index is 12.7. The number of nitro groups is 1. The Morgan fingerprint density at radius 3 is 2.24 bits per heavy atom. The smallest absolute Gasteiger partial charge is 0.258 e. The van der Waals surface area contributed by atoms with E-state index in [9.17, 15) is 18.5 Å². The third kappa shape index (κ3) is 3.72. The van der Waals surface area contributed by atoms with Gasteiger partial charge in [-0.15, -0.1) is 0 Å². The van der Waals surface area contributed by atoms with Crippen LogP contribution in [0.4, 0.5) is 5.69 Å². The molecule has 0 bridgehead atoms. The van der Waals surface area contributed by atoms with Crippen molar-refractivity contribution in [2.24, 2.45) is 0 Å². The summed E-state index contributed by atoms with van der Waals surface area (Å²) in [6.45, 7) is 0. The number of hydrogen-bond acceptors (Lipinski definition) is 5. The van der Waals surface area contributed by atoms with E-state index in [-0.39, 0.29) is 16.3 Å². The van der Waals surface area contributed by atoms with Crippen LogP contribution in [0.2, 0.25) is 0 Å². The highest BCUT2D eigenvalue weighted by Crippen LogP contribution is 2.26. The van der Waals surface area contributed by atoms with E-state index in [0.29, 0.717) is 11.3 Å². The van der Waals surface area contributed by atoms with Gasteiger partial charge in [0.15, 0.2) is 9.84 Å². The fraction of sp³-hybridized carbons (Fsp3) is 0.0556.